The third-order valence-corrected chi connectivity index (χ3v) is 5.24. The normalized spacial score (nSPS) is 10.8. The maximum atomic E-state index is 5.27. The van der Waals surface area contributed by atoms with Crippen molar-refractivity contribution >= 4 is 33.1 Å². The van der Waals surface area contributed by atoms with E-state index in [4.69, 9.17) is 4.74 Å². The highest BCUT2D eigenvalue weighted by Crippen LogP contribution is 2.36. The van der Waals surface area contributed by atoms with Crippen molar-refractivity contribution in [1.82, 2.24) is 9.97 Å². The summed E-state index contributed by atoms with van der Waals surface area (Å²) in [6.45, 7) is 2.05. The Morgan fingerprint density at radius 3 is 2.60 bits per heavy atom. The Bertz CT molecular complexity index is 1030. The summed E-state index contributed by atoms with van der Waals surface area (Å²) in [7, 11) is 1.67. The van der Waals surface area contributed by atoms with Crippen LogP contribution in [0.3, 0.4) is 0 Å². The SMILES string of the molecule is COc1ccc(Nc2ncnc3cc(-c4ccccc4)sc23)c(C)c1. The van der Waals surface area contributed by atoms with Crippen LogP contribution < -0.4 is 10.1 Å². The lowest BCUT2D eigenvalue weighted by Crippen LogP contribution is -1.97. The van der Waals surface area contributed by atoms with E-state index in [2.05, 4.69) is 33.5 Å². The Morgan fingerprint density at radius 1 is 1.00 bits per heavy atom. The zero-order chi connectivity index (χ0) is 17.2. The number of aromatic nitrogens is 2. The lowest BCUT2D eigenvalue weighted by atomic mass is 10.2. The Kier molecular flexibility index (Phi) is 4.07. The van der Waals surface area contributed by atoms with E-state index in [0.717, 1.165) is 33.0 Å². The van der Waals surface area contributed by atoms with Crippen LogP contribution in [0.2, 0.25) is 0 Å². The Balaban J connectivity index is 1.74. The molecular weight excluding hydrogens is 330 g/mol. The topological polar surface area (TPSA) is 47.0 Å². The molecule has 0 atom stereocenters. The van der Waals surface area contributed by atoms with E-state index in [1.165, 1.54) is 10.4 Å². The average molecular weight is 347 g/mol. The van der Waals surface area contributed by atoms with Crippen LogP contribution >= 0.6 is 11.3 Å². The molecule has 2 aromatic carbocycles. The van der Waals surface area contributed by atoms with Gasteiger partial charge in [-0.2, -0.15) is 0 Å². The Hall–Kier alpha value is -2.92. The number of rotatable bonds is 4. The molecule has 0 aliphatic carbocycles. The number of benzene rings is 2. The minimum Gasteiger partial charge on any atom is -0.497 e. The highest BCUT2D eigenvalue weighted by atomic mass is 32.1. The van der Waals surface area contributed by atoms with Crippen molar-refractivity contribution in [2.45, 2.75) is 6.92 Å². The number of ether oxygens (including phenoxy) is 1. The summed E-state index contributed by atoms with van der Waals surface area (Å²) >= 11 is 1.70. The van der Waals surface area contributed by atoms with Gasteiger partial charge in [0, 0.05) is 10.6 Å². The minimum absolute atomic E-state index is 0.824. The smallest absolute Gasteiger partial charge is 0.151 e. The molecule has 2 heterocycles. The third-order valence-electron chi connectivity index (χ3n) is 4.06. The van der Waals surface area contributed by atoms with Gasteiger partial charge in [0.15, 0.2) is 5.82 Å². The van der Waals surface area contributed by atoms with Gasteiger partial charge in [-0.15, -0.1) is 11.3 Å². The van der Waals surface area contributed by atoms with Crippen molar-refractivity contribution in [2.24, 2.45) is 0 Å². The largest absolute Gasteiger partial charge is 0.497 e. The van der Waals surface area contributed by atoms with Crippen LogP contribution in [-0.2, 0) is 0 Å². The summed E-state index contributed by atoms with van der Waals surface area (Å²) in [6, 6.07) is 18.4. The van der Waals surface area contributed by atoms with Gasteiger partial charge in [0.1, 0.15) is 12.1 Å². The first-order valence-corrected chi connectivity index (χ1v) is 8.78. The van der Waals surface area contributed by atoms with Crippen LogP contribution in [-0.4, -0.2) is 17.1 Å². The van der Waals surface area contributed by atoms with Crippen LogP contribution in [0.4, 0.5) is 11.5 Å². The number of hydrogen-bond donors (Lipinski definition) is 1. The Labute approximate surface area is 150 Å². The van der Waals surface area contributed by atoms with E-state index in [1.54, 1.807) is 24.8 Å². The first-order chi connectivity index (χ1) is 12.2. The molecule has 0 fully saturated rings. The number of hydrogen-bond acceptors (Lipinski definition) is 5. The van der Waals surface area contributed by atoms with Gasteiger partial charge in [0.05, 0.1) is 17.3 Å². The molecule has 5 heteroatoms. The number of nitrogens with one attached hydrogen (secondary N) is 1. The van der Waals surface area contributed by atoms with E-state index in [-0.39, 0.29) is 0 Å². The minimum atomic E-state index is 0.824. The fraction of sp³-hybridized carbons (Fsp3) is 0.100. The van der Waals surface area contributed by atoms with Gasteiger partial charge in [-0.05, 0) is 42.3 Å². The van der Waals surface area contributed by atoms with Gasteiger partial charge in [-0.25, -0.2) is 9.97 Å². The fourth-order valence-corrected chi connectivity index (χ4v) is 3.78. The summed E-state index contributed by atoms with van der Waals surface area (Å²) in [5.74, 6) is 1.67. The fourth-order valence-electron chi connectivity index (χ4n) is 2.72. The molecule has 0 spiro atoms. The van der Waals surface area contributed by atoms with Gasteiger partial charge in [-0.1, -0.05) is 30.3 Å². The number of methoxy groups -OCH3 is 1. The van der Waals surface area contributed by atoms with E-state index < -0.39 is 0 Å². The highest BCUT2D eigenvalue weighted by molar-refractivity contribution is 7.22. The first kappa shape index (κ1) is 15.6. The predicted molar refractivity (Wildman–Crippen MR) is 104 cm³/mol. The first-order valence-electron chi connectivity index (χ1n) is 7.96. The molecule has 0 unspecified atom stereocenters. The third kappa shape index (κ3) is 3.06. The maximum Gasteiger partial charge on any atom is 0.151 e. The average Bonchev–Trinajstić information content (AvgIpc) is 3.09. The molecule has 4 aromatic rings. The van der Waals surface area contributed by atoms with E-state index in [1.807, 2.05) is 43.3 Å². The van der Waals surface area contributed by atoms with Crippen molar-refractivity contribution in [2.75, 3.05) is 12.4 Å². The quantitative estimate of drug-likeness (QED) is 0.535. The predicted octanol–water partition coefficient (Wildman–Crippen LogP) is 5.42. The van der Waals surface area contributed by atoms with Crippen molar-refractivity contribution in [3.8, 4) is 16.2 Å². The van der Waals surface area contributed by atoms with E-state index in [0.29, 0.717) is 0 Å². The summed E-state index contributed by atoms with van der Waals surface area (Å²) in [4.78, 5) is 10.1. The summed E-state index contributed by atoms with van der Waals surface area (Å²) in [5.41, 5.74) is 4.26. The Morgan fingerprint density at radius 2 is 1.84 bits per heavy atom. The van der Waals surface area contributed by atoms with E-state index >= 15 is 0 Å². The monoisotopic (exact) mass is 347 g/mol. The summed E-state index contributed by atoms with van der Waals surface area (Å²) < 4.78 is 6.32. The molecule has 2 aromatic heterocycles. The van der Waals surface area contributed by atoms with Crippen molar-refractivity contribution < 1.29 is 4.74 Å². The number of fused-ring (bicyclic) bond motifs is 1. The zero-order valence-electron chi connectivity index (χ0n) is 14.0. The number of aryl methyl sites for hydroxylation is 1. The van der Waals surface area contributed by atoms with E-state index in [9.17, 15) is 0 Å². The highest BCUT2D eigenvalue weighted by Gasteiger charge is 2.11. The van der Waals surface area contributed by atoms with Crippen molar-refractivity contribution in [3.05, 3.63) is 66.5 Å². The second-order valence-corrected chi connectivity index (χ2v) is 6.77. The van der Waals surface area contributed by atoms with Gasteiger partial charge in [-0.3, -0.25) is 0 Å². The zero-order valence-corrected chi connectivity index (χ0v) is 14.8. The molecule has 0 amide bonds. The second-order valence-electron chi connectivity index (χ2n) is 5.72. The van der Waals surface area contributed by atoms with Crippen molar-refractivity contribution in [1.29, 1.82) is 0 Å². The molecule has 25 heavy (non-hydrogen) atoms. The van der Waals surface area contributed by atoms with Crippen LogP contribution in [0.5, 0.6) is 5.75 Å². The van der Waals surface area contributed by atoms with Gasteiger partial charge >= 0.3 is 0 Å². The van der Waals surface area contributed by atoms with Gasteiger partial charge in [0.25, 0.3) is 0 Å². The number of anilines is 2. The molecule has 0 radical (unpaired) electrons. The molecule has 0 aliphatic heterocycles. The number of nitrogens with zero attached hydrogens (tertiary/aromatic N) is 2. The van der Waals surface area contributed by atoms with Gasteiger partial charge < -0.3 is 10.1 Å². The standard InChI is InChI=1S/C20H17N3OS/c1-13-10-15(24-2)8-9-16(13)23-20-19-17(21-12-22-20)11-18(25-19)14-6-4-3-5-7-14/h3-12H,1-2H3,(H,21,22,23). The molecule has 1 N–H and O–H groups in total. The molecule has 4 rings (SSSR count). The molecule has 0 saturated heterocycles. The molecule has 0 bridgehead atoms. The van der Waals surface area contributed by atoms with Crippen LogP contribution in [0.25, 0.3) is 20.7 Å². The van der Waals surface area contributed by atoms with Crippen LogP contribution in [0.15, 0.2) is 60.9 Å². The summed E-state index contributed by atoms with van der Waals surface area (Å²) in [5, 5.41) is 3.44. The molecule has 4 nitrogen and oxygen atoms in total. The van der Waals surface area contributed by atoms with Crippen LogP contribution in [0, 0.1) is 6.92 Å². The van der Waals surface area contributed by atoms with Gasteiger partial charge in [0.2, 0.25) is 0 Å². The maximum absolute atomic E-state index is 5.27. The number of thiophene rings is 1. The lowest BCUT2D eigenvalue weighted by Gasteiger charge is -2.10. The molecular formula is C20H17N3OS. The molecule has 0 aliphatic rings. The van der Waals surface area contributed by atoms with Crippen LogP contribution in [0.1, 0.15) is 5.56 Å². The van der Waals surface area contributed by atoms with Crippen molar-refractivity contribution in [3.63, 3.8) is 0 Å². The lowest BCUT2D eigenvalue weighted by molar-refractivity contribution is 0.414. The molecule has 124 valence electrons. The second kappa shape index (κ2) is 6.53. The summed E-state index contributed by atoms with van der Waals surface area (Å²) in [6.07, 6.45) is 1.60. The molecule has 0 saturated carbocycles.